The summed E-state index contributed by atoms with van der Waals surface area (Å²) < 4.78 is 19.0. The summed E-state index contributed by atoms with van der Waals surface area (Å²) in [5.41, 5.74) is 6.72. The maximum atomic E-state index is 13.2. The Balaban J connectivity index is 2.33. The van der Waals surface area contributed by atoms with Gasteiger partial charge in [0.25, 0.3) is 0 Å². The van der Waals surface area contributed by atoms with Crippen molar-refractivity contribution in [3.05, 3.63) is 39.6 Å². The first-order valence-electron chi connectivity index (χ1n) is 5.82. The van der Waals surface area contributed by atoms with Crippen LogP contribution in [0.25, 0.3) is 0 Å². The summed E-state index contributed by atoms with van der Waals surface area (Å²) in [6, 6.07) is 5.89. The quantitative estimate of drug-likeness (QED) is 0.850. The van der Waals surface area contributed by atoms with Crippen molar-refractivity contribution in [2.75, 3.05) is 17.7 Å². The molecule has 0 aliphatic carbocycles. The van der Waals surface area contributed by atoms with Gasteiger partial charge in [-0.05, 0) is 47.1 Å². The highest BCUT2D eigenvalue weighted by atomic mass is 79.9. The van der Waals surface area contributed by atoms with Crippen LogP contribution in [0.3, 0.4) is 0 Å². The Kier molecular flexibility index (Phi) is 4.67. The fraction of sp³-hybridized carbons (Fsp3) is 0.154. The lowest BCUT2D eigenvalue weighted by atomic mass is 10.3. The smallest absolute Gasteiger partial charge is 0.239 e. The summed E-state index contributed by atoms with van der Waals surface area (Å²) in [7, 11) is 0. The topological polar surface area (TPSA) is 60.2 Å². The molecule has 3 N–H and O–H groups in total. The molecular weight excluding hydrogens is 349 g/mol. The van der Waals surface area contributed by atoms with E-state index in [-0.39, 0.29) is 5.02 Å². The average Bonchev–Trinajstić information content (AvgIpc) is 2.37. The van der Waals surface area contributed by atoms with Gasteiger partial charge >= 0.3 is 0 Å². The van der Waals surface area contributed by atoms with Crippen molar-refractivity contribution in [2.45, 2.75) is 6.92 Å². The molecule has 20 heavy (non-hydrogen) atoms. The van der Waals surface area contributed by atoms with E-state index in [0.717, 1.165) is 0 Å². The summed E-state index contributed by atoms with van der Waals surface area (Å²) >= 11 is 9.25. The number of rotatable bonds is 4. The standard InChI is InChI=1S/C13H12BrClFN3O/c1-2-20-13-10(17)3-4-11(19-13)18-12-8(14)5-7(16)6-9(12)15/h3-6H,2,17H2,1H3,(H,18,19). The number of aromatic nitrogens is 1. The van der Waals surface area contributed by atoms with Crippen molar-refractivity contribution in [3.8, 4) is 5.88 Å². The monoisotopic (exact) mass is 359 g/mol. The molecule has 2 rings (SSSR count). The largest absolute Gasteiger partial charge is 0.476 e. The summed E-state index contributed by atoms with van der Waals surface area (Å²) in [6.07, 6.45) is 0. The summed E-state index contributed by atoms with van der Waals surface area (Å²) in [5, 5.41) is 3.25. The molecule has 2 aromatic rings. The number of nitrogens with zero attached hydrogens (tertiary/aromatic N) is 1. The summed E-state index contributed by atoms with van der Waals surface area (Å²) in [5.74, 6) is 0.413. The Morgan fingerprint density at radius 2 is 2.20 bits per heavy atom. The van der Waals surface area contributed by atoms with E-state index in [1.54, 1.807) is 12.1 Å². The van der Waals surface area contributed by atoms with E-state index in [0.29, 0.717) is 34.2 Å². The third-order valence-corrected chi connectivity index (χ3v) is 3.35. The zero-order valence-corrected chi connectivity index (χ0v) is 12.9. The van der Waals surface area contributed by atoms with Crippen LogP contribution in [0.15, 0.2) is 28.7 Å². The van der Waals surface area contributed by atoms with E-state index < -0.39 is 5.82 Å². The van der Waals surface area contributed by atoms with Crippen LogP contribution in [-0.4, -0.2) is 11.6 Å². The zero-order valence-electron chi connectivity index (χ0n) is 10.6. The van der Waals surface area contributed by atoms with E-state index in [2.05, 4.69) is 26.2 Å². The molecule has 0 aliphatic rings. The fourth-order valence-corrected chi connectivity index (χ4v) is 2.46. The predicted molar refractivity (Wildman–Crippen MR) is 82.2 cm³/mol. The zero-order chi connectivity index (χ0) is 14.7. The highest BCUT2D eigenvalue weighted by Gasteiger charge is 2.10. The van der Waals surface area contributed by atoms with Crippen LogP contribution in [0, 0.1) is 5.82 Å². The van der Waals surface area contributed by atoms with Gasteiger partial charge in [-0.2, -0.15) is 4.98 Å². The van der Waals surface area contributed by atoms with E-state index in [9.17, 15) is 4.39 Å². The number of pyridine rings is 1. The van der Waals surface area contributed by atoms with Gasteiger partial charge < -0.3 is 15.8 Å². The Morgan fingerprint density at radius 3 is 2.85 bits per heavy atom. The number of benzene rings is 1. The van der Waals surface area contributed by atoms with Gasteiger partial charge in [-0.15, -0.1) is 0 Å². The molecule has 0 bridgehead atoms. The third kappa shape index (κ3) is 3.32. The maximum Gasteiger partial charge on any atom is 0.239 e. The molecule has 0 radical (unpaired) electrons. The highest BCUT2D eigenvalue weighted by molar-refractivity contribution is 9.10. The molecule has 0 spiro atoms. The third-order valence-electron chi connectivity index (χ3n) is 2.43. The van der Waals surface area contributed by atoms with Crippen LogP contribution in [-0.2, 0) is 0 Å². The SMILES string of the molecule is CCOc1nc(Nc2c(Cl)cc(F)cc2Br)ccc1N. The minimum Gasteiger partial charge on any atom is -0.476 e. The Labute approximate surface area is 129 Å². The maximum absolute atomic E-state index is 13.2. The van der Waals surface area contributed by atoms with Crippen molar-refractivity contribution in [1.29, 1.82) is 0 Å². The van der Waals surface area contributed by atoms with Crippen LogP contribution < -0.4 is 15.8 Å². The molecule has 106 valence electrons. The molecule has 7 heteroatoms. The first-order valence-corrected chi connectivity index (χ1v) is 6.99. The molecule has 0 fully saturated rings. The van der Waals surface area contributed by atoms with Gasteiger partial charge in [0.05, 0.1) is 23.0 Å². The van der Waals surface area contributed by atoms with Gasteiger partial charge in [0, 0.05) is 4.47 Å². The highest BCUT2D eigenvalue weighted by Crippen LogP contribution is 2.34. The van der Waals surface area contributed by atoms with Crippen LogP contribution in [0.4, 0.5) is 21.6 Å². The number of hydrogen-bond donors (Lipinski definition) is 2. The molecule has 4 nitrogen and oxygen atoms in total. The average molecular weight is 361 g/mol. The number of halogens is 3. The van der Waals surface area contributed by atoms with Crippen LogP contribution in [0.2, 0.25) is 5.02 Å². The van der Waals surface area contributed by atoms with Crippen molar-refractivity contribution in [2.24, 2.45) is 0 Å². The number of ether oxygens (including phenoxy) is 1. The summed E-state index contributed by atoms with van der Waals surface area (Å²) in [4.78, 5) is 4.23. The lowest BCUT2D eigenvalue weighted by Crippen LogP contribution is -2.02. The molecule has 0 atom stereocenters. The molecule has 0 aliphatic heterocycles. The van der Waals surface area contributed by atoms with Gasteiger partial charge in [0.2, 0.25) is 5.88 Å². The fourth-order valence-electron chi connectivity index (χ4n) is 1.56. The van der Waals surface area contributed by atoms with Crippen LogP contribution in [0.5, 0.6) is 5.88 Å². The van der Waals surface area contributed by atoms with E-state index in [1.807, 2.05) is 6.92 Å². The van der Waals surface area contributed by atoms with E-state index in [4.69, 9.17) is 22.1 Å². The minimum absolute atomic E-state index is 0.244. The van der Waals surface area contributed by atoms with Crippen LogP contribution in [0.1, 0.15) is 6.92 Å². The van der Waals surface area contributed by atoms with Gasteiger partial charge in [-0.3, -0.25) is 0 Å². The van der Waals surface area contributed by atoms with Crippen molar-refractivity contribution in [3.63, 3.8) is 0 Å². The molecule has 1 heterocycles. The van der Waals surface area contributed by atoms with Gasteiger partial charge in [0.15, 0.2) is 0 Å². The number of hydrogen-bond acceptors (Lipinski definition) is 4. The Bertz CT molecular complexity index is 616. The second kappa shape index (κ2) is 6.28. The van der Waals surface area contributed by atoms with Crippen molar-refractivity contribution in [1.82, 2.24) is 4.98 Å². The van der Waals surface area contributed by atoms with Crippen LogP contribution >= 0.6 is 27.5 Å². The number of anilines is 3. The first-order chi connectivity index (χ1) is 9.51. The normalized spacial score (nSPS) is 10.4. The minimum atomic E-state index is -0.423. The number of nitrogens with one attached hydrogen (secondary N) is 1. The van der Waals surface area contributed by atoms with Gasteiger partial charge in [-0.1, -0.05) is 11.6 Å². The van der Waals surface area contributed by atoms with E-state index in [1.165, 1.54) is 12.1 Å². The predicted octanol–water partition coefficient (Wildman–Crippen LogP) is 4.36. The molecule has 0 saturated carbocycles. The number of nitrogen functional groups attached to an aromatic ring is 1. The Morgan fingerprint density at radius 1 is 1.45 bits per heavy atom. The lowest BCUT2D eigenvalue weighted by Gasteiger charge is -2.12. The molecule has 1 aromatic carbocycles. The first kappa shape index (κ1) is 14.9. The number of nitrogens with two attached hydrogens (primary N) is 1. The Hall–Kier alpha value is -1.53. The van der Waals surface area contributed by atoms with Gasteiger partial charge in [0.1, 0.15) is 11.6 Å². The lowest BCUT2D eigenvalue weighted by molar-refractivity contribution is 0.329. The molecule has 0 amide bonds. The second-order valence-corrected chi connectivity index (χ2v) is 5.15. The molecular formula is C13H12BrClFN3O. The molecule has 1 aromatic heterocycles. The van der Waals surface area contributed by atoms with Crippen molar-refractivity contribution >= 4 is 44.7 Å². The van der Waals surface area contributed by atoms with Gasteiger partial charge in [-0.25, -0.2) is 4.39 Å². The molecule has 0 saturated heterocycles. The summed E-state index contributed by atoms with van der Waals surface area (Å²) in [6.45, 7) is 2.30. The molecule has 0 unspecified atom stereocenters. The van der Waals surface area contributed by atoms with E-state index >= 15 is 0 Å². The second-order valence-electron chi connectivity index (χ2n) is 3.89. The van der Waals surface area contributed by atoms with Crippen molar-refractivity contribution < 1.29 is 9.13 Å².